The molecule has 0 spiro atoms. The lowest BCUT2D eigenvalue weighted by Crippen LogP contribution is -2.75. The van der Waals surface area contributed by atoms with Gasteiger partial charge in [0, 0.05) is 5.38 Å². The first-order chi connectivity index (χ1) is 13.5. The number of aromatic nitrogens is 1. The third-order valence-electron chi connectivity index (χ3n) is 3.39. The minimum absolute atomic E-state index is 0.0618. The lowest BCUT2D eigenvalue weighted by molar-refractivity contribution is -0.150. The number of primary amides is 1. The molecule has 17 heteroatoms. The van der Waals surface area contributed by atoms with Crippen molar-refractivity contribution in [3.8, 4) is 0 Å². The quantitative estimate of drug-likeness (QED) is 0.106. The number of nitrogens with two attached hydrogens (primary N) is 1. The average Bonchev–Trinajstić information content (AvgIpc) is 3.07. The van der Waals surface area contributed by atoms with E-state index in [2.05, 4.69) is 25.6 Å². The zero-order chi connectivity index (χ0) is 21.9. The Balaban J connectivity index is 2.23. The van der Waals surface area contributed by atoms with Crippen molar-refractivity contribution in [1.82, 2.24) is 14.6 Å². The number of anilines is 1. The Morgan fingerprint density at radius 3 is 2.66 bits per heavy atom. The highest BCUT2D eigenvalue weighted by Gasteiger charge is 2.57. The fraction of sp³-hybridized carbons (Fsp3) is 0.333. The largest absolute Gasteiger partial charge is 0.398 e. The number of carbonyl (C=O) groups excluding carboxylic acids is 4. The molecular weight excluding hydrogens is 456 g/mol. The Bertz CT molecular complexity index is 992. The highest BCUT2D eigenvalue weighted by atomic mass is 35.5. The monoisotopic (exact) mass is 468 g/mol. The van der Waals surface area contributed by atoms with Crippen molar-refractivity contribution >= 4 is 67.7 Å². The van der Waals surface area contributed by atoms with Crippen LogP contribution in [0.4, 0.5) is 5.13 Å². The summed E-state index contributed by atoms with van der Waals surface area (Å²) in [6.45, 7) is 0. The SMILES string of the molecule is CON=C(C(=O)N[C@H]1C(=O)N(S(=O)(=O)O)[C@H]1C(N)=O)c1csc(NC(=O)CCl)n1. The predicted molar refractivity (Wildman–Crippen MR) is 98.3 cm³/mol. The van der Waals surface area contributed by atoms with Crippen LogP contribution < -0.4 is 16.4 Å². The summed E-state index contributed by atoms with van der Waals surface area (Å²) >= 11 is 6.30. The number of nitrogens with one attached hydrogen (secondary N) is 2. The first-order valence-electron chi connectivity index (χ1n) is 7.35. The van der Waals surface area contributed by atoms with E-state index >= 15 is 0 Å². The summed E-state index contributed by atoms with van der Waals surface area (Å²) in [5.41, 5.74) is 4.54. The van der Waals surface area contributed by atoms with E-state index in [0.717, 1.165) is 18.4 Å². The minimum atomic E-state index is -5.06. The van der Waals surface area contributed by atoms with E-state index in [1.165, 1.54) is 5.38 Å². The predicted octanol–water partition coefficient (Wildman–Crippen LogP) is -2.35. The Morgan fingerprint density at radius 2 is 2.14 bits per heavy atom. The van der Waals surface area contributed by atoms with Crippen LogP contribution >= 0.6 is 22.9 Å². The third-order valence-corrected chi connectivity index (χ3v) is 5.30. The van der Waals surface area contributed by atoms with E-state index in [0.29, 0.717) is 0 Å². The fourth-order valence-corrected chi connectivity index (χ4v) is 3.87. The molecule has 0 saturated carbocycles. The van der Waals surface area contributed by atoms with Crippen molar-refractivity contribution in [2.75, 3.05) is 18.3 Å². The van der Waals surface area contributed by atoms with Crippen molar-refractivity contribution in [3.63, 3.8) is 0 Å². The van der Waals surface area contributed by atoms with Gasteiger partial charge in [-0.3, -0.25) is 23.7 Å². The second kappa shape index (κ2) is 8.68. The Labute approximate surface area is 171 Å². The molecule has 0 aromatic carbocycles. The van der Waals surface area contributed by atoms with Gasteiger partial charge in [0.15, 0.2) is 16.9 Å². The number of β-lactam (4-membered cyclic amide) rings is 1. The molecule has 5 N–H and O–H groups in total. The van der Waals surface area contributed by atoms with Crippen molar-refractivity contribution in [1.29, 1.82) is 0 Å². The molecule has 1 saturated heterocycles. The number of carbonyl (C=O) groups is 4. The number of rotatable bonds is 8. The Hall–Kier alpha value is -2.82. The van der Waals surface area contributed by atoms with Gasteiger partial charge in [0.05, 0.1) is 0 Å². The second-order valence-electron chi connectivity index (χ2n) is 5.25. The van der Waals surface area contributed by atoms with Gasteiger partial charge in [-0.1, -0.05) is 5.16 Å². The molecule has 4 amide bonds. The lowest BCUT2D eigenvalue weighted by Gasteiger charge is -2.41. The maximum absolute atomic E-state index is 12.5. The van der Waals surface area contributed by atoms with Crippen LogP contribution in [0.2, 0.25) is 0 Å². The number of halogens is 1. The van der Waals surface area contributed by atoms with Crippen LogP contribution in [0, 0.1) is 0 Å². The summed E-state index contributed by atoms with van der Waals surface area (Å²) in [4.78, 5) is 55.7. The molecule has 0 aliphatic carbocycles. The molecule has 0 bridgehead atoms. The highest BCUT2D eigenvalue weighted by molar-refractivity contribution is 7.84. The molecule has 29 heavy (non-hydrogen) atoms. The standard InChI is InChI=1S/C12H13ClN6O8S2/c1-27-18-6(4-3-28-12(15-4)16-5(20)2-13)10(22)17-7-8(9(14)21)19(11(7)23)29(24,25)26/h3,7-8H,2H2,1H3,(H2,14,21)(H,17,22)(H,15,16,20)(H,24,25,26)/t7-,8-/m1/s1. The van der Waals surface area contributed by atoms with E-state index < -0.39 is 51.7 Å². The van der Waals surface area contributed by atoms with Gasteiger partial charge in [0.1, 0.15) is 24.7 Å². The smallest absolute Gasteiger partial charge is 0.363 e. The van der Waals surface area contributed by atoms with Gasteiger partial charge in [0.25, 0.3) is 11.8 Å². The van der Waals surface area contributed by atoms with Crippen LogP contribution in [0.15, 0.2) is 10.5 Å². The van der Waals surface area contributed by atoms with Gasteiger partial charge in [-0.05, 0) is 0 Å². The summed E-state index contributed by atoms with van der Waals surface area (Å²) in [6, 6.07) is -3.50. The Kier molecular flexibility index (Phi) is 6.73. The van der Waals surface area contributed by atoms with Crippen molar-refractivity contribution in [2.45, 2.75) is 12.1 Å². The first kappa shape index (κ1) is 22.5. The average molecular weight is 469 g/mol. The summed E-state index contributed by atoms with van der Waals surface area (Å²) in [5.74, 6) is -4.49. The highest BCUT2D eigenvalue weighted by Crippen LogP contribution is 2.24. The number of thiazole rings is 1. The van der Waals surface area contributed by atoms with Crippen LogP contribution in [-0.4, -0.2) is 76.7 Å². The van der Waals surface area contributed by atoms with E-state index in [4.69, 9.17) is 21.9 Å². The van der Waals surface area contributed by atoms with E-state index in [1.807, 2.05) is 0 Å². The molecule has 2 heterocycles. The van der Waals surface area contributed by atoms with Crippen molar-refractivity contribution in [2.24, 2.45) is 10.9 Å². The topological polar surface area (TPSA) is 210 Å². The van der Waals surface area contributed by atoms with Crippen molar-refractivity contribution < 1.29 is 37.0 Å². The van der Waals surface area contributed by atoms with Gasteiger partial charge in [-0.15, -0.1) is 22.9 Å². The molecule has 0 radical (unpaired) electrons. The number of hydrogen-bond donors (Lipinski definition) is 4. The van der Waals surface area contributed by atoms with Gasteiger partial charge in [0.2, 0.25) is 11.8 Å². The van der Waals surface area contributed by atoms with Gasteiger partial charge in [-0.25, -0.2) is 4.98 Å². The first-order valence-corrected chi connectivity index (χ1v) is 10.2. The van der Waals surface area contributed by atoms with Gasteiger partial charge in [-0.2, -0.15) is 12.7 Å². The normalized spacial score (nSPS) is 19.3. The van der Waals surface area contributed by atoms with E-state index in [1.54, 1.807) is 0 Å². The van der Waals surface area contributed by atoms with Crippen LogP contribution in [0.1, 0.15) is 5.69 Å². The summed E-state index contributed by atoms with van der Waals surface area (Å²) < 4.78 is 31.2. The maximum Gasteiger partial charge on any atom is 0.363 e. The summed E-state index contributed by atoms with van der Waals surface area (Å²) in [7, 11) is -3.93. The van der Waals surface area contributed by atoms with Crippen LogP contribution in [0.5, 0.6) is 0 Å². The van der Waals surface area contributed by atoms with Gasteiger partial charge >= 0.3 is 10.3 Å². The number of hydrogen-bond acceptors (Lipinski definition) is 10. The fourth-order valence-electron chi connectivity index (χ4n) is 2.24. The molecule has 2 atom stereocenters. The molecule has 1 aromatic rings. The molecule has 1 aliphatic heterocycles. The molecular formula is C12H13ClN6O8S2. The molecule has 1 aromatic heterocycles. The third kappa shape index (κ3) is 4.78. The molecule has 0 unspecified atom stereocenters. The van der Waals surface area contributed by atoms with Crippen LogP contribution in [0.25, 0.3) is 0 Å². The zero-order valence-electron chi connectivity index (χ0n) is 14.4. The lowest BCUT2D eigenvalue weighted by atomic mass is 9.98. The number of nitrogens with zero attached hydrogens (tertiary/aromatic N) is 3. The second-order valence-corrected chi connectivity index (χ2v) is 7.67. The van der Waals surface area contributed by atoms with Crippen LogP contribution in [0.3, 0.4) is 0 Å². The number of amides is 4. The number of oxime groups is 1. The number of alkyl halides is 1. The van der Waals surface area contributed by atoms with Crippen molar-refractivity contribution in [3.05, 3.63) is 11.1 Å². The van der Waals surface area contributed by atoms with Crippen LogP contribution in [-0.2, 0) is 34.3 Å². The van der Waals surface area contributed by atoms with E-state index in [-0.39, 0.29) is 21.0 Å². The molecule has 1 aliphatic rings. The molecule has 1 fully saturated rings. The van der Waals surface area contributed by atoms with Gasteiger partial charge < -0.3 is 21.2 Å². The molecule has 158 valence electrons. The summed E-state index contributed by atoms with van der Waals surface area (Å²) in [5, 5.41) is 9.35. The maximum atomic E-state index is 12.5. The molecule has 2 rings (SSSR count). The minimum Gasteiger partial charge on any atom is -0.398 e. The Morgan fingerprint density at radius 1 is 1.48 bits per heavy atom. The summed E-state index contributed by atoms with van der Waals surface area (Å²) in [6.07, 6.45) is 0. The zero-order valence-corrected chi connectivity index (χ0v) is 16.7. The molecule has 14 nitrogen and oxygen atoms in total. The van der Waals surface area contributed by atoms with E-state index in [9.17, 15) is 27.6 Å².